The molecule has 31 heavy (non-hydrogen) atoms. The molecule has 2 aromatic carbocycles. The molecule has 0 radical (unpaired) electrons. The minimum Gasteiger partial charge on any atom is -0.350 e. The summed E-state index contributed by atoms with van der Waals surface area (Å²) in [5, 5.41) is -0.141. The van der Waals surface area contributed by atoms with Gasteiger partial charge in [-0.25, -0.2) is 27.8 Å². The van der Waals surface area contributed by atoms with Gasteiger partial charge in [0, 0.05) is 23.7 Å². The van der Waals surface area contributed by atoms with Gasteiger partial charge in [-0.1, -0.05) is 30.3 Å². The van der Waals surface area contributed by atoms with Crippen molar-refractivity contribution in [3.63, 3.8) is 0 Å². The van der Waals surface area contributed by atoms with Gasteiger partial charge in [0.05, 0.1) is 6.04 Å². The van der Waals surface area contributed by atoms with Crippen molar-refractivity contribution in [2.45, 2.75) is 50.6 Å². The lowest BCUT2D eigenvalue weighted by Crippen LogP contribution is -2.45. The Kier molecular flexibility index (Phi) is 6.63. The van der Waals surface area contributed by atoms with Crippen LogP contribution in [0.5, 0.6) is 0 Å². The van der Waals surface area contributed by atoms with Gasteiger partial charge in [-0.15, -0.1) is 0 Å². The molecular weight excluding hydrogens is 426 g/mol. The van der Waals surface area contributed by atoms with E-state index in [9.17, 15) is 22.0 Å². The highest BCUT2D eigenvalue weighted by Gasteiger charge is 2.40. The Morgan fingerprint density at radius 3 is 2.45 bits per heavy atom. The van der Waals surface area contributed by atoms with E-state index in [1.54, 1.807) is 37.3 Å². The molecule has 1 fully saturated rings. The maximum atomic E-state index is 14.8. The minimum atomic E-state index is -3.79. The van der Waals surface area contributed by atoms with Gasteiger partial charge in [-0.2, -0.15) is 4.31 Å². The summed E-state index contributed by atoms with van der Waals surface area (Å²) < 4.78 is 57.4. The zero-order valence-corrected chi connectivity index (χ0v) is 18.1. The fourth-order valence-corrected chi connectivity index (χ4v) is 6.09. The summed E-state index contributed by atoms with van der Waals surface area (Å²) in [5.74, 6) is 3.91. The molecule has 7 nitrogen and oxygen atoms in total. The molecule has 3 atom stereocenters. The smallest absolute Gasteiger partial charge is 0.329 e. The van der Waals surface area contributed by atoms with Crippen molar-refractivity contribution in [1.82, 2.24) is 9.31 Å². The summed E-state index contributed by atoms with van der Waals surface area (Å²) in [6, 6.07) is 8.38. The van der Waals surface area contributed by atoms with Crippen LogP contribution in [0.1, 0.15) is 54.7 Å². The Morgan fingerprint density at radius 1 is 1.19 bits per heavy atom. The van der Waals surface area contributed by atoms with Crippen LogP contribution >= 0.6 is 0 Å². The van der Waals surface area contributed by atoms with Crippen LogP contribution in [0.15, 0.2) is 42.5 Å². The fourth-order valence-electron chi connectivity index (χ4n) is 3.91. The van der Waals surface area contributed by atoms with Crippen LogP contribution in [-0.4, -0.2) is 29.8 Å². The number of carbonyl (C=O) groups excluding carboxylic acids is 1. The second kappa shape index (κ2) is 8.89. The average molecular weight is 453 g/mol. The Labute approximate surface area is 180 Å². The number of carbonyl (C=O) groups is 1. The van der Waals surface area contributed by atoms with Gasteiger partial charge in [0.25, 0.3) is 0 Å². The molecular formula is C21H26F2N4O3S. The topological polar surface area (TPSA) is 110 Å². The van der Waals surface area contributed by atoms with E-state index < -0.39 is 39.0 Å². The SMILES string of the molecule is CC(c1cc(F)c(CN2[C@@H](C)CC[C@H](c3ccccc3)S2(=O)=O)cc1F)N(N)C(N)=O. The zero-order chi connectivity index (χ0) is 22.9. The minimum absolute atomic E-state index is 0.0970. The summed E-state index contributed by atoms with van der Waals surface area (Å²) in [5.41, 5.74) is 5.52. The molecule has 10 heteroatoms. The normalized spacial score (nSPS) is 22.1. The third-order valence-electron chi connectivity index (χ3n) is 5.81. The van der Waals surface area contributed by atoms with E-state index in [0.717, 1.165) is 12.1 Å². The summed E-state index contributed by atoms with van der Waals surface area (Å²) in [6.07, 6.45) is 1.05. The third-order valence-corrected chi connectivity index (χ3v) is 8.18. The van der Waals surface area contributed by atoms with Crippen molar-refractivity contribution in [2.24, 2.45) is 11.6 Å². The molecule has 0 saturated carbocycles. The molecule has 1 aliphatic rings. The van der Waals surface area contributed by atoms with E-state index in [0.29, 0.717) is 23.4 Å². The Morgan fingerprint density at radius 2 is 1.84 bits per heavy atom. The Hall–Kier alpha value is -2.56. The quantitative estimate of drug-likeness (QED) is 0.412. The monoisotopic (exact) mass is 452 g/mol. The number of sulfonamides is 1. The number of hydrazine groups is 1. The van der Waals surface area contributed by atoms with E-state index in [2.05, 4.69) is 0 Å². The van der Waals surface area contributed by atoms with E-state index in [1.165, 1.54) is 11.2 Å². The van der Waals surface area contributed by atoms with Gasteiger partial charge in [-0.05, 0) is 44.4 Å². The molecule has 0 bridgehead atoms. The van der Waals surface area contributed by atoms with Gasteiger partial charge >= 0.3 is 6.03 Å². The molecule has 2 aromatic rings. The summed E-state index contributed by atoms with van der Waals surface area (Å²) in [6.45, 7) is 2.86. The van der Waals surface area contributed by atoms with Crippen LogP contribution in [0, 0.1) is 11.6 Å². The highest BCUT2D eigenvalue weighted by atomic mass is 32.2. The molecule has 1 saturated heterocycles. The molecule has 0 spiro atoms. The fraction of sp³-hybridized carbons (Fsp3) is 0.381. The molecule has 1 unspecified atom stereocenters. The number of hydrogen-bond acceptors (Lipinski definition) is 4. The van der Waals surface area contributed by atoms with E-state index in [1.807, 2.05) is 0 Å². The number of hydrogen-bond donors (Lipinski definition) is 2. The van der Waals surface area contributed by atoms with Crippen molar-refractivity contribution in [2.75, 3.05) is 0 Å². The Balaban J connectivity index is 1.92. The van der Waals surface area contributed by atoms with E-state index >= 15 is 0 Å². The number of nitrogens with zero attached hydrogens (tertiary/aromatic N) is 2. The zero-order valence-electron chi connectivity index (χ0n) is 17.3. The number of halogens is 2. The van der Waals surface area contributed by atoms with Crippen molar-refractivity contribution >= 4 is 16.1 Å². The van der Waals surface area contributed by atoms with E-state index in [-0.39, 0.29) is 23.7 Å². The van der Waals surface area contributed by atoms with Crippen molar-refractivity contribution in [3.8, 4) is 0 Å². The lowest BCUT2D eigenvalue weighted by atomic mass is 10.0. The van der Waals surface area contributed by atoms with Gasteiger partial charge in [-0.3, -0.25) is 5.01 Å². The highest BCUT2D eigenvalue weighted by molar-refractivity contribution is 7.89. The first kappa shape index (κ1) is 23.1. The standard InChI is InChI=1S/C21H26F2N4O3S/c1-13-8-9-20(15-6-4-3-5-7-15)31(29,30)26(13)12-16-10-19(23)17(11-18(16)22)14(2)27(25)21(24)28/h3-7,10-11,13-14,20H,8-9,12,25H2,1-2H3,(H2,24,28)/t13-,14?,20+/m0/s1. The summed E-state index contributed by atoms with van der Waals surface area (Å²) in [7, 11) is -3.79. The lowest BCUT2D eigenvalue weighted by Gasteiger charge is -2.37. The number of amides is 2. The van der Waals surface area contributed by atoms with Crippen LogP contribution in [0.2, 0.25) is 0 Å². The van der Waals surface area contributed by atoms with Crippen LogP contribution < -0.4 is 11.6 Å². The summed E-state index contributed by atoms with van der Waals surface area (Å²) >= 11 is 0. The molecule has 1 aliphatic heterocycles. The van der Waals surface area contributed by atoms with Crippen molar-refractivity contribution in [1.29, 1.82) is 0 Å². The Bertz CT molecular complexity index is 1070. The predicted octanol–water partition coefficient (Wildman–Crippen LogP) is 3.34. The van der Waals surface area contributed by atoms with E-state index in [4.69, 9.17) is 11.6 Å². The van der Waals surface area contributed by atoms with Gasteiger partial charge < -0.3 is 5.73 Å². The molecule has 0 aromatic heterocycles. The number of nitrogens with two attached hydrogens (primary N) is 2. The van der Waals surface area contributed by atoms with Crippen molar-refractivity contribution in [3.05, 3.63) is 70.8 Å². The van der Waals surface area contributed by atoms with Gasteiger partial charge in [0.2, 0.25) is 10.0 Å². The maximum Gasteiger partial charge on any atom is 0.329 e. The first-order chi connectivity index (χ1) is 14.5. The molecule has 1 heterocycles. The molecule has 2 amide bonds. The predicted molar refractivity (Wildman–Crippen MR) is 113 cm³/mol. The van der Waals surface area contributed by atoms with Crippen LogP contribution in [0.4, 0.5) is 13.6 Å². The van der Waals surface area contributed by atoms with Crippen molar-refractivity contribution < 1.29 is 22.0 Å². The van der Waals surface area contributed by atoms with Crippen LogP contribution in [-0.2, 0) is 16.6 Å². The largest absolute Gasteiger partial charge is 0.350 e. The molecule has 168 valence electrons. The highest BCUT2D eigenvalue weighted by Crippen LogP contribution is 2.38. The maximum absolute atomic E-state index is 14.8. The number of urea groups is 1. The third kappa shape index (κ3) is 4.56. The number of rotatable bonds is 5. The molecule has 4 N–H and O–H groups in total. The van der Waals surface area contributed by atoms with Crippen LogP contribution in [0.3, 0.4) is 0 Å². The van der Waals surface area contributed by atoms with Gasteiger partial charge in [0.1, 0.15) is 16.9 Å². The molecule has 0 aliphatic carbocycles. The second-order valence-corrected chi connectivity index (χ2v) is 9.87. The van der Waals surface area contributed by atoms with Gasteiger partial charge in [0.15, 0.2) is 0 Å². The average Bonchev–Trinajstić information content (AvgIpc) is 2.72. The summed E-state index contributed by atoms with van der Waals surface area (Å²) in [4.78, 5) is 11.2. The number of benzene rings is 2. The first-order valence-electron chi connectivity index (χ1n) is 9.90. The first-order valence-corrected chi connectivity index (χ1v) is 11.4. The van der Waals surface area contributed by atoms with Crippen LogP contribution in [0.25, 0.3) is 0 Å². The second-order valence-electron chi connectivity index (χ2n) is 7.80. The number of primary amides is 1. The molecule has 3 rings (SSSR count). The lowest BCUT2D eigenvalue weighted by molar-refractivity contribution is 0.189.